The number of aromatic nitrogens is 6. The van der Waals surface area contributed by atoms with E-state index in [0.29, 0.717) is 0 Å². The van der Waals surface area contributed by atoms with Crippen LogP contribution in [-0.4, -0.2) is 145 Å². The Morgan fingerprint density at radius 1 is 1.04 bits per heavy atom. The summed E-state index contributed by atoms with van der Waals surface area (Å²) in [5, 5.41) is 32.5. The number of esters is 1. The second-order valence-electron chi connectivity index (χ2n) is 12.3. The molecule has 0 spiro atoms. The van der Waals surface area contributed by atoms with E-state index in [4.69, 9.17) is 34.7 Å². The van der Waals surface area contributed by atoms with E-state index in [0.717, 1.165) is 28.1 Å². The van der Waals surface area contributed by atoms with Crippen molar-refractivity contribution in [1.82, 2.24) is 34.0 Å². The fraction of sp³-hybridized carbons (Fsp3) is 0.536. The van der Waals surface area contributed by atoms with E-state index in [-0.39, 0.29) is 35.6 Å². The number of amides is 1. The van der Waals surface area contributed by atoms with Gasteiger partial charge in [0.15, 0.2) is 36.1 Å². The third-order valence-electron chi connectivity index (χ3n) is 8.59. The number of rotatable bonds is 17. The quantitative estimate of drug-likeness (QED) is 0.0383. The number of hydrogen-bond donors (Lipinski definition) is 8. The highest BCUT2D eigenvalue weighted by atomic mass is 31.2. The van der Waals surface area contributed by atoms with Crippen LogP contribution in [0.1, 0.15) is 25.3 Å². The van der Waals surface area contributed by atoms with Crippen molar-refractivity contribution < 1.29 is 76.5 Å². The third-order valence-corrected chi connectivity index (χ3v) is 10.1. The molecular weight excluding hydrogens is 796 g/mol. The Labute approximate surface area is 315 Å². The molecule has 2 unspecified atom stereocenters. The standard InChI is InChI=1S/C28H39N9O17P2/c1-3-4-5-17(39)35(2)13(8-38)27(42)53-21-14(51-26(19(21)40)37-12-33-18-23(30)31-11-32-24(18)37)10-50-56(47,48)54-22-15(9-49-55(44,45)46)52-25(20(22)41)36-7-6-16(29)34-28(36)43/h3,6-7,11-15,19-22,25-26,38,40-41H,1,4-5,8-10H2,2H3,(H,47,48)(H2,29,34,43)(H2,30,31,32)(H2,44,45,46)/t13?,14-,15+,19+,20+,21+,22+,25+,26+/m0/s1. The second-order valence-corrected chi connectivity index (χ2v) is 14.9. The zero-order valence-electron chi connectivity index (χ0n) is 29.2. The summed E-state index contributed by atoms with van der Waals surface area (Å²) >= 11 is 0. The molecule has 2 aliphatic rings. The molecule has 10 atom stereocenters. The van der Waals surface area contributed by atoms with E-state index in [1.807, 2.05) is 0 Å². The number of aliphatic hydroxyl groups is 3. The largest absolute Gasteiger partial charge is 0.472 e. The molecule has 28 heteroatoms. The first-order valence-electron chi connectivity index (χ1n) is 16.3. The molecule has 0 radical (unpaired) electrons. The molecule has 2 aliphatic heterocycles. The number of phosphoric acid groups is 2. The fourth-order valence-electron chi connectivity index (χ4n) is 5.78. The predicted octanol–water partition coefficient (Wildman–Crippen LogP) is -2.93. The van der Waals surface area contributed by atoms with Gasteiger partial charge in [0.05, 0.1) is 26.1 Å². The van der Waals surface area contributed by atoms with Crippen molar-refractivity contribution in [1.29, 1.82) is 0 Å². The molecule has 2 saturated heterocycles. The maximum Gasteiger partial charge on any atom is 0.472 e. The number of nitrogens with zero attached hydrogens (tertiary/aromatic N) is 7. The Balaban J connectivity index is 1.38. The zero-order chi connectivity index (χ0) is 41.1. The first kappa shape index (κ1) is 42.9. The van der Waals surface area contributed by atoms with Gasteiger partial charge in [-0.15, -0.1) is 6.58 Å². The van der Waals surface area contributed by atoms with Crippen LogP contribution in [0.3, 0.4) is 0 Å². The number of nitrogen functional groups attached to an aromatic ring is 2. The summed E-state index contributed by atoms with van der Waals surface area (Å²) in [6.45, 7) is 0.607. The molecule has 0 aliphatic carbocycles. The smallest absolute Gasteiger partial charge is 0.455 e. The maximum absolute atomic E-state index is 13.4. The van der Waals surface area contributed by atoms with Gasteiger partial charge in [-0.05, 0) is 12.5 Å². The van der Waals surface area contributed by atoms with Crippen molar-refractivity contribution in [2.75, 3.05) is 38.3 Å². The van der Waals surface area contributed by atoms with Crippen LogP contribution in [0.5, 0.6) is 0 Å². The molecule has 5 rings (SSSR count). The van der Waals surface area contributed by atoms with Gasteiger partial charge in [-0.2, -0.15) is 4.98 Å². The summed E-state index contributed by atoms with van der Waals surface area (Å²) < 4.78 is 58.6. The Morgan fingerprint density at radius 2 is 1.68 bits per heavy atom. The lowest BCUT2D eigenvalue weighted by Crippen LogP contribution is -2.49. The number of likely N-dealkylation sites (N-methyl/N-ethyl adjacent to an activating group) is 1. The molecule has 5 heterocycles. The predicted molar refractivity (Wildman–Crippen MR) is 184 cm³/mol. The van der Waals surface area contributed by atoms with Gasteiger partial charge in [0.25, 0.3) is 0 Å². The van der Waals surface area contributed by atoms with Crippen LogP contribution in [0.15, 0.2) is 42.4 Å². The van der Waals surface area contributed by atoms with Crippen molar-refractivity contribution in [2.45, 2.75) is 68.0 Å². The number of carbonyl (C=O) groups is 2. The monoisotopic (exact) mass is 835 g/mol. The lowest BCUT2D eigenvalue weighted by molar-refractivity contribution is -0.166. The van der Waals surface area contributed by atoms with E-state index >= 15 is 0 Å². The maximum atomic E-state index is 13.4. The Bertz CT molecular complexity index is 2070. The summed E-state index contributed by atoms with van der Waals surface area (Å²) in [5.74, 6) is -1.98. The van der Waals surface area contributed by atoms with Crippen LogP contribution in [0, 0.1) is 0 Å². The first-order valence-corrected chi connectivity index (χ1v) is 19.4. The van der Waals surface area contributed by atoms with Crippen molar-refractivity contribution in [3.05, 3.63) is 48.1 Å². The number of fused-ring (bicyclic) bond motifs is 1. The number of hydrogen-bond acceptors (Lipinski definition) is 20. The summed E-state index contributed by atoms with van der Waals surface area (Å²) in [6.07, 6.45) is -8.99. The van der Waals surface area contributed by atoms with Crippen LogP contribution in [0.4, 0.5) is 11.6 Å². The summed E-state index contributed by atoms with van der Waals surface area (Å²) in [7, 11) is -9.34. The molecule has 26 nitrogen and oxygen atoms in total. The molecule has 0 bridgehead atoms. The number of imidazole rings is 1. The van der Waals surface area contributed by atoms with E-state index < -0.39 is 108 Å². The lowest BCUT2D eigenvalue weighted by Gasteiger charge is -2.28. The molecule has 0 aromatic carbocycles. The number of anilines is 2. The minimum Gasteiger partial charge on any atom is -0.455 e. The van der Waals surface area contributed by atoms with Gasteiger partial charge in [-0.3, -0.25) is 27.5 Å². The molecule has 1 amide bonds. The van der Waals surface area contributed by atoms with Gasteiger partial charge in [0.1, 0.15) is 48.2 Å². The topological polar surface area (TPSA) is 379 Å². The van der Waals surface area contributed by atoms with Crippen molar-refractivity contribution in [3.8, 4) is 0 Å². The average molecular weight is 836 g/mol. The Kier molecular flexibility index (Phi) is 13.4. The highest BCUT2D eigenvalue weighted by molar-refractivity contribution is 7.47. The van der Waals surface area contributed by atoms with E-state index in [1.165, 1.54) is 24.0 Å². The minimum absolute atomic E-state index is 0.0280. The average Bonchev–Trinajstić information content (AvgIpc) is 3.79. The highest BCUT2D eigenvalue weighted by Crippen LogP contribution is 2.50. The molecule has 308 valence electrons. The van der Waals surface area contributed by atoms with Crippen molar-refractivity contribution in [2.24, 2.45) is 0 Å². The molecule has 0 saturated carbocycles. The van der Waals surface area contributed by atoms with Crippen molar-refractivity contribution >= 4 is 50.3 Å². The Morgan fingerprint density at radius 3 is 2.32 bits per heavy atom. The normalized spacial score (nSPS) is 26.8. The lowest BCUT2D eigenvalue weighted by atomic mass is 10.1. The van der Waals surface area contributed by atoms with Crippen LogP contribution in [-0.2, 0) is 46.5 Å². The highest BCUT2D eigenvalue weighted by Gasteiger charge is 2.52. The van der Waals surface area contributed by atoms with Gasteiger partial charge >= 0.3 is 27.3 Å². The van der Waals surface area contributed by atoms with E-state index in [1.54, 1.807) is 0 Å². The van der Waals surface area contributed by atoms with E-state index in [9.17, 15) is 53.5 Å². The summed E-state index contributed by atoms with van der Waals surface area (Å²) in [4.78, 5) is 84.2. The number of nitrogens with two attached hydrogens (primary N) is 2. The van der Waals surface area contributed by atoms with Crippen LogP contribution < -0.4 is 17.2 Å². The fourth-order valence-corrected chi connectivity index (χ4v) is 7.09. The second kappa shape index (κ2) is 17.5. The molecular formula is C28H39N9O17P2. The summed E-state index contributed by atoms with van der Waals surface area (Å²) in [6, 6.07) is -0.406. The third kappa shape index (κ3) is 9.63. The molecule has 3 aromatic heterocycles. The van der Waals surface area contributed by atoms with Gasteiger partial charge in [0.2, 0.25) is 5.91 Å². The number of ether oxygens (including phenoxy) is 3. The van der Waals surface area contributed by atoms with Crippen LogP contribution in [0.25, 0.3) is 11.2 Å². The number of phosphoric ester groups is 2. The molecule has 2 fully saturated rings. The number of allylic oxidation sites excluding steroid dienone is 1. The number of aliphatic hydroxyl groups excluding tert-OH is 3. The molecule has 10 N–H and O–H groups in total. The molecule has 56 heavy (non-hydrogen) atoms. The van der Waals surface area contributed by atoms with Gasteiger partial charge < -0.3 is 60.6 Å². The Hall–Kier alpha value is -4.27. The van der Waals surface area contributed by atoms with Gasteiger partial charge in [-0.25, -0.2) is 33.7 Å². The SMILES string of the molecule is C=CCCC(=O)N(C)C(CO)C(=O)O[C@H]1[C@@H](O)[C@H](n2cnc3c(N)ncnc32)O[C@H]1COP(=O)(O)O[C@H]1[C@@H](O)[C@H](n2ccc(N)nc2=O)O[C@@H]1COP(=O)(O)O. The van der Waals surface area contributed by atoms with Crippen LogP contribution in [0.2, 0.25) is 0 Å². The summed E-state index contributed by atoms with van der Waals surface area (Å²) in [5.41, 5.74) is 10.5. The van der Waals surface area contributed by atoms with Gasteiger partial charge in [0, 0.05) is 19.7 Å². The van der Waals surface area contributed by atoms with Crippen LogP contribution >= 0.6 is 15.6 Å². The zero-order valence-corrected chi connectivity index (χ0v) is 31.0. The number of carbonyl (C=O) groups excluding carboxylic acids is 2. The molecule has 3 aromatic rings. The van der Waals surface area contributed by atoms with E-state index in [2.05, 4.69) is 31.0 Å². The first-order chi connectivity index (χ1) is 26.4. The van der Waals surface area contributed by atoms with Gasteiger partial charge in [-0.1, -0.05) is 6.08 Å². The van der Waals surface area contributed by atoms with Crippen molar-refractivity contribution in [3.63, 3.8) is 0 Å². The minimum atomic E-state index is -5.41.